The van der Waals surface area contributed by atoms with Crippen molar-refractivity contribution in [3.63, 3.8) is 0 Å². The number of nitrogens with one attached hydrogen (secondary N) is 1. The number of carbonyl (C=O) groups is 1. The van der Waals surface area contributed by atoms with Gasteiger partial charge in [-0.25, -0.2) is 0 Å². The number of amides is 1. The van der Waals surface area contributed by atoms with Crippen LogP contribution in [0.5, 0.6) is 11.5 Å². The average Bonchev–Trinajstić information content (AvgIpc) is 2.70. The molecule has 1 unspecified atom stereocenters. The lowest BCUT2D eigenvalue weighted by Gasteiger charge is -2.16. The van der Waals surface area contributed by atoms with Gasteiger partial charge < -0.3 is 14.8 Å². The standard InChI is InChI=1S/C23H22ClNO3/c1-16-14-19(24)8-13-22(16)28-17(2)23(26)25-20-9-11-21(12-10-20)27-15-18-6-4-3-5-7-18/h3-14,17H,15H2,1-2H3,(H,25,26). The van der Waals surface area contributed by atoms with Crippen molar-refractivity contribution < 1.29 is 14.3 Å². The van der Waals surface area contributed by atoms with Gasteiger partial charge in [-0.3, -0.25) is 4.79 Å². The van der Waals surface area contributed by atoms with Gasteiger partial charge in [0.15, 0.2) is 6.10 Å². The number of aryl methyl sites for hydroxylation is 1. The maximum atomic E-state index is 12.4. The summed E-state index contributed by atoms with van der Waals surface area (Å²) in [4.78, 5) is 12.4. The summed E-state index contributed by atoms with van der Waals surface area (Å²) in [7, 11) is 0. The zero-order chi connectivity index (χ0) is 19.9. The minimum Gasteiger partial charge on any atom is -0.489 e. The van der Waals surface area contributed by atoms with Crippen LogP contribution in [0.1, 0.15) is 18.1 Å². The predicted molar refractivity (Wildman–Crippen MR) is 112 cm³/mol. The minimum atomic E-state index is -0.645. The molecule has 1 N–H and O–H groups in total. The molecule has 0 aromatic heterocycles. The van der Waals surface area contributed by atoms with Crippen LogP contribution in [0.4, 0.5) is 5.69 Å². The highest BCUT2D eigenvalue weighted by molar-refractivity contribution is 6.30. The highest BCUT2D eigenvalue weighted by Gasteiger charge is 2.16. The molecule has 1 amide bonds. The molecule has 1 atom stereocenters. The summed E-state index contributed by atoms with van der Waals surface area (Å²) in [5, 5.41) is 3.48. The van der Waals surface area contributed by atoms with Crippen molar-refractivity contribution in [2.24, 2.45) is 0 Å². The number of halogens is 1. The molecule has 0 fully saturated rings. The Kier molecular flexibility index (Phi) is 6.56. The van der Waals surface area contributed by atoms with Crippen molar-refractivity contribution in [3.8, 4) is 11.5 Å². The normalized spacial score (nSPS) is 11.5. The van der Waals surface area contributed by atoms with Crippen LogP contribution in [0.3, 0.4) is 0 Å². The van der Waals surface area contributed by atoms with Crippen LogP contribution >= 0.6 is 11.6 Å². The van der Waals surface area contributed by atoms with Gasteiger partial charge in [0.25, 0.3) is 5.91 Å². The van der Waals surface area contributed by atoms with Crippen LogP contribution in [0.2, 0.25) is 5.02 Å². The summed E-state index contributed by atoms with van der Waals surface area (Å²) in [6, 6.07) is 22.5. The molecular weight excluding hydrogens is 374 g/mol. The second-order valence-corrected chi connectivity index (χ2v) is 6.89. The van der Waals surface area contributed by atoms with Gasteiger partial charge in [0.2, 0.25) is 0 Å². The van der Waals surface area contributed by atoms with Gasteiger partial charge in [0, 0.05) is 10.7 Å². The molecule has 5 heteroatoms. The molecule has 3 aromatic rings. The van der Waals surface area contributed by atoms with E-state index in [0.717, 1.165) is 16.9 Å². The van der Waals surface area contributed by atoms with E-state index in [9.17, 15) is 4.79 Å². The summed E-state index contributed by atoms with van der Waals surface area (Å²) in [5.41, 5.74) is 2.66. The first kappa shape index (κ1) is 19.8. The van der Waals surface area contributed by atoms with Crippen molar-refractivity contribution in [2.45, 2.75) is 26.6 Å². The zero-order valence-corrected chi connectivity index (χ0v) is 16.6. The van der Waals surface area contributed by atoms with E-state index in [1.165, 1.54) is 0 Å². The number of benzene rings is 3. The molecule has 144 valence electrons. The van der Waals surface area contributed by atoms with Crippen LogP contribution in [-0.2, 0) is 11.4 Å². The third-order valence-corrected chi connectivity index (χ3v) is 4.42. The maximum absolute atomic E-state index is 12.4. The van der Waals surface area contributed by atoms with Crippen LogP contribution < -0.4 is 14.8 Å². The predicted octanol–water partition coefficient (Wildman–Crippen LogP) is 5.63. The van der Waals surface area contributed by atoms with Gasteiger partial charge in [0.05, 0.1) is 0 Å². The fraction of sp³-hybridized carbons (Fsp3) is 0.174. The van der Waals surface area contributed by atoms with E-state index in [0.29, 0.717) is 23.1 Å². The second kappa shape index (κ2) is 9.29. The van der Waals surface area contributed by atoms with Crippen LogP contribution in [0.25, 0.3) is 0 Å². The second-order valence-electron chi connectivity index (χ2n) is 6.46. The Morgan fingerprint density at radius 2 is 1.75 bits per heavy atom. The van der Waals surface area contributed by atoms with E-state index >= 15 is 0 Å². The molecule has 4 nitrogen and oxygen atoms in total. The molecular formula is C23H22ClNO3. The fourth-order valence-corrected chi connectivity index (χ4v) is 2.83. The topological polar surface area (TPSA) is 47.6 Å². The van der Waals surface area contributed by atoms with Crippen molar-refractivity contribution in [3.05, 3.63) is 88.9 Å². The molecule has 0 spiro atoms. The quantitative estimate of drug-likeness (QED) is 0.563. The van der Waals surface area contributed by atoms with E-state index in [4.69, 9.17) is 21.1 Å². The third kappa shape index (κ3) is 5.51. The molecule has 0 aliphatic heterocycles. The summed E-state index contributed by atoms with van der Waals surface area (Å²) < 4.78 is 11.5. The Morgan fingerprint density at radius 1 is 1.04 bits per heavy atom. The average molecular weight is 396 g/mol. The van der Waals surface area contributed by atoms with E-state index in [-0.39, 0.29) is 5.91 Å². The largest absolute Gasteiger partial charge is 0.489 e. The number of hydrogen-bond donors (Lipinski definition) is 1. The number of carbonyl (C=O) groups excluding carboxylic acids is 1. The molecule has 0 saturated heterocycles. The van der Waals surface area contributed by atoms with Crippen molar-refractivity contribution in [1.29, 1.82) is 0 Å². The zero-order valence-electron chi connectivity index (χ0n) is 15.8. The number of anilines is 1. The first-order chi connectivity index (χ1) is 13.5. The molecule has 0 bridgehead atoms. The van der Waals surface area contributed by atoms with Gasteiger partial charge >= 0.3 is 0 Å². The lowest BCUT2D eigenvalue weighted by atomic mass is 10.2. The van der Waals surface area contributed by atoms with Gasteiger partial charge in [-0.15, -0.1) is 0 Å². The summed E-state index contributed by atoms with van der Waals surface area (Å²) in [6.45, 7) is 4.10. The van der Waals surface area contributed by atoms with Gasteiger partial charge in [-0.1, -0.05) is 41.9 Å². The van der Waals surface area contributed by atoms with Crippen molar-refractivity contribution in [1.82, 2.24) is 0 Å². The summed E-state index contributed by atoms with van der Waals surface area (Å²) in [6.07, 6.45) is -0.645. The molecule has 0 saturated carbocycles. The summed E-state index contributed by atoms with van der Waals surface area (Å²) >= 11 is 5.95. The van der Waals surface area contributed by atoms with Crippen molar-refractivity contribution >= 4 is 23.2 Å². The molecule has 28 heavy (non-hydrogen) atoms. The van der Waals surface area contributed by atoms with E-state index in [2.05, 4.69) is 5.32 Å². The molecule has 0 aliphatic rings. The van der Waals surface area contributed by atoms with Crippen LogP contribution in [0.15, 0.2) is 72.8 Å². The highest BCUT2D eigenvalue weighted by Crippen LogP contribution is 2.23. The summed E-state index contributed by atoms with van der Waals surface area (Å²) in [5.74, 6) is 1.15. The molecule has 0 heterocycles. The Balaban J connectivity index is 1.53. The lowest BCUT2D eigenvalue weighted by Crippen LogP contribution is -2.30. The Hall–Kier alpha value is -2.98. The first-order valence-electron chi connectivity index (χ1n) is 9.02. The number of rotatable bonds is 7. The molecule has 0 radical (unpaired) electrons. The molecule has 0 aliphatic carbocycles. The maximum Gasteiger partial charge on any atom is 0.265 e. The Labute approximate surface area is 170 Å². The Bertz CT molecular complexity index is 926. The van der Waals surface area contributed by atoms with Crippen LogP contribution in [-0.4, -0.2) is 12.0 Å². The van der Waals surface area contributed by atoms with Gasteiger partial charge in [-0.2, -0.15) is 0 Å². The SMILES string of the molecule is Cc1cc(Cl)ccc1OC(C)C(=O)Nc1ccc(OCc2ccccc2)cc1. The fourth-order valence-electron chi connectivity index (χ4n) is 2.61. The van der Waals surface area contributed by atoms with Crippen LogP contribution in [0, 0.1) is 6.92 Å². The lowest BCUT2D eigenvalue weighted by molar-refractivity contribution is -0.122. The Morgan fingerprint density at radius 3 is 2.43 bits per heavy atom. The monoisotopic (exact) mass is 395 g/mol. The van der Waals surface area contributed by atoms with E-state index < -0.39 is 6.10 Å². The third-order valence-electron chi connectivity index (χ3n) is 4.18. The van der Waals surface area contributed by atoms with E-state index in [1.807, 2.05) is 49.4 Å². The van der Waals surface area contributed by atoms with Crippen molar-refractivity contribution in [2.75, 3.05) is 5.32 Å². The first-order valence-corrected chi connectivity index (χ1v) is 9.39. The minimum absolute atomic E-state index is 0.229. The van der Waals surface area contributed by atoms with E-state index in [1.54, 1.807) is 37.3 Å². The van der Waals surface area contributed by atoms with Gasteiger partial charge in [0.1, 0.15) is 18.1 Å². The smallest absolute Gasteiger partial charge is 0.265 e. The molecule has 3 aromatic carbocycles. The molecule has 3 rings (SSSR count). The van der Waals surface area contributed by atoms with Gasteiger partial charge in [-0.05, 0) is 67.4 Å². The highest BCUT2D eigenvalue weighted by atomic mass is 35.5. The number of hydrogen-bond acceptors (Lipinski definition) is 3. The number of ether oxygens (including phenoxy) is 2.